The molecule has 0 saturated carbocycles. The summed E-state index contributed by atoms with van der Waals surface area (Å²) in [5.74, 6) is -0.192. The molecule has 3 heterocycles. The minimum Gasteiger partial charge on any atom is -0.481 e. The highest BCUT2D eigenvalue weighted by molar-refractivity contribution is 8.02. The largest absolute Gasteiger partial charge is 0.481 e. The monoisotopic (exact) mass is 445 g/mol. The lowest BCUT2D eigenvalue weighted by molar-refractivity contribution is -0.137. The van der Waals surface area contributed by atoms with Crippen LogP contribution in [-0.2, 0) is 18.4 Å². The van der Waals surface area contributed by atoms with Gasteiger partial charge in [0.25, 0.3) is 0 Å². The third-order valence-electron chi connectivity index (χ3n) is 5.84. The van der Waals surface area contributed by atoms with E-state index in [0.29, 0.717) is 5.82 Å². The van der Waals surface area contributed by atoms with Crippen LogP contribution in [0.5, 0.6) is 0 Å². The predicted molar refractivity (Wildman–Crippen MR) is 125 cm³/mol. The fraction of sp³-hybridized carbons (Fsp3) is 0.250. The maximum absolute atomic E-state index is 11.6. The van der Waals surface area contributed by atoms with Gasteiger partial charge in [-0.3, -0.25) is 4.79 Å². The molecule has 5 rings (SSSR count). The Balaban J connectivity index is 1.84. The minimum absolute atomic E-state index is 0.00521. The van der Waals surface area contributed by atoms with Gasteiger partial charge in [0.15, 0.2) is 0 Å². The zero-order valence-corrected chi connectivity index (χ0v) is 18.7. The highest BCUT2D eigenvalue weighted by atomic mass is 32.2. The zero-order valence-electron chi connectivity index (χ0n) is 17.9. The Morgan fingerprint density at radius 3 is 2.75 bits per heavy atom. The molecule has 7 nitrogen and oxygen atoms in total. The Morgan fingerprint density at radius 1 is 1.25 bits per heavy atom. The molecule has 1 aliphatic heterocycles. The summed E-state index contributed by atoms with van der Waals surface area (Å²) >= 11 is 1.67. The van der Waals surface area contributed by atoms with Crippen molar-refractivity contribution >= 4 is 28.6 Å². The number of aromatic nitrogens is 5. The lowest BCUT2D eigenvalue weighted by Gasteiger charge is -2.11. The second-order valence-electron chi connectivity index (χ2n) is 7.92. The number of hydrogen-bond acceptors (Lipinski definition) is 5. The van der Waals surface area contributed by atoms with Crippen molar-refractivity contribution in [2.24, 2.45) is 7.05 Å². The fourth-order valence-electron chi connectivity index (χ4n) is 4.57. The van der Waals surface area contributed by atoms with E-state index in [9.17, 15) is 9.90 Å². The number of hydrogen-bond donors (Lipinski definition) is 1. The van der Waals surface area contributed by atoms with Gasteiger partial charge in [-0.2, -0.15) is 4.80 Å². The zero-order chi connectivity index (χ0) is 22.2. The van der Waals surface area contributed by atoms with Gasteiger partial charge >= 0.3 is 5.97 Å². The highest BCUT2D eigenvalue weighted by Crippen LogP contribution is 2.48. The Hall–Kier alpha value is -3.39. The van der Waals surface area contributed by atoms with E-state index in [1.165, 1.54) is 4.80 Å². The van der Waals surface area contributed by atoms with Crippen LogP contribution in [0, 0.1) is 0 Å². The number of fused-ring (bicyclic) bond motifs is 3. The molecular weight excluding hydrogens is 422 g/mol. The summed E-state index contributed by atoms with van der Waals surface area (Å²) in [7, 11) is 1.75. The first-order valence-electron chi connectivity index (χ1n) is 10.6. The van der Waals surface area contributed by atoms with Gasteiger partial charge in [0.05, 0.1) is 19.0 Å². The number of allylic oxidation sites excluding steroid dienone is 1. The quantitative estimate of drug-likeness (QED) is 0.416. The Labute approximate surface area is 189 Å². The first kappa shape index (κ1) is 20.5. The van der Waals surface area contributed by atoms with Gasteiger partial charge in [-0.1, -0.05) is 48.2 Å². The molecule has 1 N–H and O–H groups in total. The molecule has 1 unspecified atom stereocenters. The van der Waals surface area contributed by atoms with Gasteiger partial charge in [-0.25, -0.2) is 0 Å². The molecule has 2 aromatic carbocycles. The predicted octanol–water partition coefficient (Wildman–Crippen LogP) is 5.09. The molecule has 1 aliphatic rings. The lowest BCUT2D eigenvalue weighted by atomic mass is 9.96. The lowest BCUT2D eigenvalue weighted by Crippen LogP contribution is -2.04. The van der Waals surface area contributed by atoms with Crippen LogP contribution in [0.4, 0.5) is 0 Å². The number of aliphatic carboxylic acids is 1. The van der Waals surface area contributed by atoms with E-state index in [1.807, 2.05) is 31.2 Å². The number of benzene rings is 2. The molecule has 1 atom stereocenters. The van der Waals surface area contributed by atoms with Crippen LogP contribution >= 0.6 is 11.8 Å². The molecular formula is C24H23N5O2S. The molecule has 0 amide bonds. The van der Waals surface area contributed by atoms with Gasteiger partial charge in [0.2, 0.25) is 5.82 Å². The number of rotatable bonds is 6. The number of carboxylic acids is 1. The van der Waals surface area contributed by atoms with Gasteiger partial charge < -0.3 is 9.67 Å². The van der Waals surface area contributed by atoms with Crippen molar-refractivity contribution in [2.45, 2.75) is 37.1 Å². The van der Waals surface area contributed by atoms with Crippen LogP contribution in [0.3, 0.4) is 0 Å². The smallest absolute Gasteiger partial charge is 0.304 e. The third kappa shape index (κ3) is 3.50. The third-order valence-corrected chi connectivity index (χ3v) is 6.90. The van der Waals surface area contributed by atoms with E-state index in [2.05, 4.69) is 49.7 Å². The molecule has 0 saturated heterocycles. The average molecular weight is 446 g/mol. The summed E-state index contributed by atoms with van der Waals surface area (Å²) in [5.41, 5.74) is 5.29. The van der Waals surface area contributed by atoms with E-state index in [0.717, 1.165) is 51.1 Å². The molecule has 8 heteroatoms. The Kier molecular flexibility index (Phi) is 5.30. The fourth-order valence-corrected chi connectivity index (χ4v) is 5.57. The summed E-state index contributed by atoms with van der Waals surface area (Å²) in [6.45, 7) is 2.79. The number of tetrazole rings is 1. The standard InChI is InChI=1S/C24H23N5O2S/c1-3-11-32-23-21-18(15-7-5-4-6-8-15)12-17(24-25-27-28(2)26-24)13-19(21)29-10-9-16(22(23)29)14-20(30)31/h3-8,11-13,16H,9-10,14H2,1-2H3,(H,30,31)/b11-3+. The number of aryl methyl sites for hydroxylation is 2. The van der Waals surface area contributed by atoms with Crippen LogP contribution in [0.2, 0.25) is 0 Å². The van der Waals surface area contributed by atoms with E-state index in [-0.39, 0.29) is 12.3 Å². The maximum atomic E-state index is 11.6. The number of thioether (sulfide) groups is 1. The van der Waals surface area contributed by atoms with E-state index in [1.54, 1.807) is 18.8 Å². The van der Waals surface area contributed by atoms with Crippen molar-refractivity contribution in [1.29, 1.82) is 0 Å². The minimum atomic E-state index is -0.761. The summed E-state index contributed by atoms with van der Waals surface area (Å²) in [6, 6.07) is 14.5. The maximum Gasteiger partial charge on any atom is 0.304 e. The SMILES string of the molecule is C/C=C/Sc1c2n(c3cc(-c4nnn(C)n4)cc(-c4ccccc4)c13)CCC2CC(=O)O. The molecule has 0 aliphatic carbocycles. The van der Waals surface area contributed by atoms with Crippen LogP contribution in [0.1, 0.15) is 31.4 Å². The number of carbonyl (C=O) groups is 1. The van der Waals surface area contributed by atoms with Crippen LogP contribution in [0.25, 0.3) is 33.4 Å². The van der Waals surface area contributed by atoms with Crippen molar-refractivity contribution in [1.82, 2.24) is 24.8 Å². The van der Waals surface area contributed by atoms with Crippen molar-refractivity contribution in [2.75, 3.05) is 0 Å². The molecule has 162 valence electrons. The molecule has 0 radical (unpaired) electrons. The van der Waals surface area contributed by atoms with Gasteiger partial charge in [-0.05, 0) is 47.2 Å². The molecule has 4 aromatic rings. The molecule has 0 spiro atoms. The van der Waals surface area contributed by atoms with Crippen molar-refractivity contribution in [3.63, 3.8) is 0 Å². The van der Waals surface area contributed by atoms with Crippen LogP contribution in [-0.4, -0.2) is 35.9 Å². The average Bonchev–Trinajstić information content (AvgIpc) is 3.48. The second-order valence-corrected chi connectivity index (χ2v) is 8.84. The van der Waals surface area contributed by atoms with Gasteiger partial charge in [0, 0.05) is 34.0 Å². The topological polar surface area (TPSA) is 85.8 Å². The van der Waals surface area contributed by atoms with E-state index in [4.69, 9.17) is 0 Å². The summed E-state index contributed by atoms with van der Waals surface area (Å²) < 4.78 is 2.29. The van der Waals surface area contributed by atoms with Gasteiger partial charge in [-0.15, -0.1) is 10.2 Å². The molecule has 2 aromatic heterocycles. The van der Waals surface area contributed by atoms with Crippen molar-refractivity contribution in [3.8, 4) is 22.5 Å². The number of nitrogens with zero attached hydrogens (tertiary/aromatic N) is 5. The molecule has 0 bridgehead atoms. The Morgan fingerprint density at radius 2 is 2.06 bits per heavy atom. The van der Waals surface area contributed by atoms with Crippen molar-refractivity contribution in [3.05, 3.63) is 59.6 Å². The summed E-state index contributed by atoms with van der Waals surface area (Å²) in [6.07, 6.45) is 2.98. The Bertz CT molecular complexity index is 1340. The number of carboxylic acid groups (broad SMARTS) is 1. The summed E-state index contributed by atoms with van der Waals surface area (Å²) in [4.78, 5) is 14.2. The summed E-state index contributed by atoms with van der Waals surface area (Å²) in [5, 5.41) is 25.4. The normalized spacial score (nSPS) is 15.6. The first-order valence-corrected chi connectivity index (χ1v) is 11.4. The van der Waals surface area contributed by atoms with E-state index < -0.39 is 5.97 Å². The van der Waals surface area contributed by atoms with Gasteiger partial charge in [0.1, 0.15) is 0 Å². The first-order chi connectivity index (χ1) is 15.6. The highest BCUT2D eigenvalue weighted by Gasteiger charge is 2.32. The van der Waals surface area contributed by atoms with Crippen LogP contribution < -0.4 is 0 Å². The van der Waals surface area contributed by atoms with Crippen molar-refractivity contribution < 1.29 is 9.90 Å². The molecule has 32 heavy (non-hydrogen) atoms. The van der Waals surface area contributed by atoms with E-state index >= 15 is 0 Å². The molecule has 0 fully saturated rings. The van der Waals surface area contributed by atoms with Crippen LogP contribution in [0.15, 0.2) is 58.8 Å². The second kappa shape index (κ2) is 8.27.